The fraction of sp³-hybridized carbons (Fsp3) is 0.245. The minimum atomic E-state index is -1.14. The van der Waals surface area contributed by atoms with E-state index in [4.69, 9.17) is 23.9 Å². The SMILES string of the molecule is C=CC(=O)Nc1cn(C)nc1Cc1cc2c(cn1)CC(C1(c3c(F)c(OC)cc(OC)c3F)CC1)=N2.C=CC(=O)Nc1cn(C)nc1Cc1cc2nc(C(=O)c3c(F)c(OC)cc(OC)c3F)sc2cn1. The van der Waals surface area contributed by atoms with Crippen LogP contribution in [0.1, 0.15) is 62.1 Å². The Morgan fingerprint density at radius 3 is 1.72 bits per heavy atom. The van der Waals surface area contributed by atoms with Crippen molar-refractivity contribution in [2.45, 2.75) is 37.5 Å². The average Bonchev–Trinajstić information content (AvgIpc) is 3.58. The van der Waals surface area contributed by atoms with Gasteiger partial charge in [-0.25, -0.2) is 22.5 Å². The fourth-order valence-corrected chi connectivity index (χ4v) is 8.98. The van der Waals surface area contributed by atoms with Crippen molar-refractivity contribution < 1.29 is 50.9 Å². The summed E-state index contributed by atoms with van der Waals surface area (Å²) in [7, 11) is 8.56. The van der Waals surface area contributed by atoms with Crippen LogP contribution >= 0.6 is 11.3 Å². The zero-order valence-electron chi connectivity index (χ0n) is 39.1. The lowest BCUT2D eigenvalue weighted by molar-refractivity contribution is -0.112. The van der Waals surface area contributed by atoms with E-state index in [0.717, 1.165) is 29.0 Å². The summed E-state index contributed by atoms with van der Waals surface area (Å²) in [4.78, 5) is 54.5. The van der Waals surface area contributed by atoms with Crippen molar-refractivity contribution in [1.82, 2.24) is 34.5 Å². The number of ketones is 1. The van der Waals surface area contributed by atoms with Gasteiger partial charge in [0.25, 0.3) is 0 Å². The molecule has 17 nitrogen and oxygen atoms in total. The molecular weight excluding hydrogens is 949 g/mol. The smallest absolute Gasteiger partial charge is 0.247 e. The number of pyridine rings is 2. The minimum Gasteiger partial charge on any atom is -0.494 e. The predicted octanol–water partition coefficient (Wildman–Crippen LogP) is 7.85. The molecule has 1 aliphatic carbocycles. The van der Waals surface area contributed by atoms with Gasteiger partial charge in [-0.1, -0.05) is 13.2 Å². The third-order valence-corrected chi connectivity index (χ3v) is 12.7. The van der Waals surface area contributed by atoms with Gasteiger partial charge in [0.1, 0.15) is 5.56 Å². The molecule has 2 amide bonds. The van der Waals surface area contributed by atoms with Gasteiger partial charge in [0, 0.05) is 104 Å². The highest BCUT2D eigenvalue weighted by Gasteiger charge is 2.54. The second-order valence-electron chi connectivity index (χ2n) is 16.2. The molecule has 2 N–H and O–H groups in total. The maximum atomic E-state index is 15.3. The number of aliphatic imine (C=N–C) groups is 1. The van der Waals surface area contributed by atoms with Crippen LogP contribution in [0.5, 0.6) is 23.0 Å². The van der Waals surface area contributed by atoms with Crippen LogP contribution in [0.25, 0.3) is 10.2 Å². The molecule has 1 fully saturated rings. The topological polar surface area (TPSA) is 199 Å². The number of anilines is 2. The maximum absolute atomic E-state index is 15.3. The number of rotatable bonds is 16. The standard InChI is InChI=1S/C26H25F2N5O3.C23H19F2N5O4S/c1-5-22(34)31-18-13-33(2)32-17(18)10-15-9-16-14(12-29-15)8-21(30-16)26(6-7-26)23-24(27)19(35-3)11-20(36-4)25(23)28;1-5-18(31)27-14-10-30(2)29-12(14)6-11-7-13-17(9-26-11)35-23(28-13)22(32)19-20(24)15(33-3)8-16(34-4)21(19)25/h5,9,11-13H,1,6-8,10H2,2-4H3,(H,31,34);5,7-10H,1,6H2,2-4H3,(H,27,31). The monoisotopic (exact) mass is 992 g/mol. The van der Waals surface area contributed by atoms with Crippen molar-refractivity contribution in [3.63, 3.8) is 0 Å². The quantitative estimate of drug-likeness (QED) is 0.0541. The highest BCUT2D eigenvalue weighted by atomic mass is 32.1. The molecule has 0 radical (unpaired) electrons. The number of carbonyl (C=O) groups excluding carboxylic acids is 3. The molecule has 0 spiro atoms. The number of thiazole rings is 1. The van der Waals surface area contributed by atoms with Crippen LogP contribution in [0.15, 0.2) is 79.4 Å². The van der Waals surface area contributed by atoms with Crippen molar-refractivity contribution in [2.75, 3.05) is 39.1 Å². The number of methoxy groups -OCH3 is 4. The van der Waals surface area contributed by atoms with E-state index < -0.39 is 40.0 Å². The number of ether oxygens (including phenoxy) is 4. The van der Waals surface area contributed by atoms with Crippen LogP contribution in [-0.2, 0) is 48.4 Å². The van der Waals surface area contributed by atoms with Gasteiger partial charge in [0.15, 0.2) is 51.3 Å². The number of amides is 2. The highest BCUT2D eigenvalue weighted by molar-refractivity contribution is 7.20. The molecule has 0 atom stereocenters. The Morgan fingerprint density at radius 1 is 0.732 bits per heavy atom. The fourth-order valence-electron chi connectivity index (χ4n) is 8.12. The molecule has 2 aromatic carbocycles. The first-order chi connectivity index (χ1) is 34.0. The molecule has 7 aromatic rings. The Kier molecular flexibility index (Phi) is 13.8. The second kappa shape index (κ2) is 20.0. The average molecular weight is 993 g/mol. The largest absolute Gasteiger partial charge is 0.494 e. The molecule has 5 aromatic heterocycles. The number of aromatic nitrogens is 7. The van der Waals surface area contributed by atoms with E-state index in [1.165, 1.54) is 46.8 Å². The Morgan fingerprint density at radius 2 is 1.23 bits per heavy atom. The van der Waals surface area contributed by atoms with Crippen LogP contribution in [0.4, 0.5) is 34.6 Å². The van der Waals surface area contributed by atoms with Crippen LogP contribution in [0.3, 0.4) is 0 Å². The second-order valence-corrected chi connectivity index (χ2v) is 17.3. The molecule has 366 valence electrons. The predicted molar refractivity (Wildman–Crippen MR) is 255 cm³/mol. The van der Waals surface area contributed by atoms with E-state index in [1.807, 2.05) is 6.07 Å². The molecule has 6 heterocycles. The van der Waals surface area contributed by atoms with Gasteiger partial charge in [-0.2, -0.15) is 10.2 Å². The summed E-state index contributed by atoms with van der Waals surface area (Å²) in [5.74, 6) is -6.17. The first-order valence-corrected chi connectivity index (χ1v) is 22.3. The van der Waals surface area contributed by atoms with Crippen LogP contribution in [-0.4, -0.2) is 86.3 Å². The number of hydrogen-bond donors (Lipinski definition) is 2. The molecular formula is C49H44F4N10O7S. The van der Waals surface area contributed by atoms with E-state index in [0.29, 0.717) is 81.4 Å². The highest BCUT2D eigenvalue weighted by Crippen LogP contribution is 2.56. The van der Waals surface area contributed by atoms with Crippen molar-refractivity contribution in [2.24, 2.45) is 19.1 Å². The number of fused-ring (bicyclic) bond motifs is 2. The van der Waals surface area contributed by atoms with Crippen molar-refractivity contribution in [3.05, 3.63) is 142 Å². The van der Waals surface area contributed by atoms with E-state index >= 15 is 8.78 Å². The van der Waals surface area contributed by atoms with Gasteiger partial charge in [0.2, 0.25) is 17.6 Å². The number of nitrogens with one attached hydrogen (secondary N) is 2. The zero-order valence-corrected chi connectivity index (χ0v) is 39.9. The molecule has 0 bridgehead atoms. The molecule has 0 unspecified atom stereocenters. The first-order valence-electron chi connectivity index (χ1n) is 21.5. The lowest BCUT2D eigenvalue weighted by Crippen LogP contribution is -2.24. The zero-order chi connectivity index (χ0) is 50.9. The Balaban J connectivity index is 0.000000191. The summed E-state index contributed by atoms with van der Waals surface area (Å²) in [6, 6.07) is 5.74. The molecule has 71 heavy (non-hydrogen) atoms. The van der Waals surface area contributed by atoms with Gasteiger partial charge >= 0.3 is 0 Å². The van der Waals surface area contributed by atoms with E-state index in [9.17, 15) is 23.2 Å². The number of carbonyl (C=O) groups is 3. The third-order valence-electron chi connectivity index (χ3n) is 11.7. The molecule has 2 aliphatic rings. The van der Waals surface area contributed by atoms with Crippen LogP contribution < -0.4 is 29.6 Å². The van der Waals surface area contributed by atoms with Gasteiger partial charge in [-0.15, -0.1) is 11.3 Å². The van der Waals surface area contributed by atoms with Gasteiger partial charge < -0.3 is 29.6 Å². The number of hydrogen-bond acceptors (Lipinski definition) is 14. The lowest BCUT2D eigenvalue weighted by Gasteiger charge is -2.20. The maximum Gasteiger partial charge on any atom is 0.247 e. The Bertz CT molecular complexity index is 3290. The molecule has 0 saturated heterocycles. The summed E-state index contributed by atoms with van der Waals surface area (Å²) in [5.41, 5.74) is 4.55. The summed E-state index contributed by atoms with van der Waals surface area (Å²) in [6.45, 7) is 6.91. The van der Waals surface area contributed by atoms with E-state index in [-0.39, 0.29) is 51.8 Å². The Hall–Kier alpha value is -8.27. The normalized spacial score (nSPS) is 13.1. The molecule has 1 aliphatic heterocycles. The van der Waals surface area contributed by atoms with Crippen molar-refractivity contribution in [3.8, 4) is 23.0 Å². The number of benzene rings is 2. The number of nitrogens with zero attached hydrogens (tertiary/aromatic N) is 8. The summed E-state index contributed by atoms with van der Waals surface area (Å²) in [5, 5.41) is 14.1. The van der Waals surface area contributed by atoms with E-state index in [1.54, 1.807) is 48.1 Å². The van der Waals surface area contributed by atoms with Crippen LogP contribution in [0, 0.1) is 23.3 Å². The van der Waals surface area contributed by atoms with Crippen LogP contribution in [0.2, 0.25) is 0 Å². The van der Waals surface area contributed by atoms with E-state index in [2.05, 4.69) is 48.9 Å². The molecule has 9 rings (SSSR count). The summed E-state index contributed by atoms with van der Waals surface area (Å²) < 4.78 is 83.9. The van der Waals surface area contributed by atoms with Gasteiger partial charge in [-0.3, -0.25) is 38.7 Å². The summed E-state index contributed by atoms with van der Waals surface area (Å²) >= 11 is 0.952. The molecule has 22 heteroatoms. The third kappa shape index (κ3) is 9.69. The number of aryl methyl sites for hydroxylation is 2. The Labute approximate surface area is 406 Å². The van der Waals surface area contributed by atoms with Crippen molar-refractivity contribution in [1.29, 1.82) is 0 Å². The lowest BCUT2D eigenvalue weighted by atomic mass is 9.87. The van der Waals surface area contributed by atoms with Crippen molar-refractivity contribution >= 4 is 61.9 Å². The van der Waals surface area contributed by atoms with Gasteiger partial charge in [0.05, 0.1) is 67.1 Å². The number of halogens is 4. The van der Waals surface area contributed by atoms with Gasteiger partial charge in [-0.05, 0) is 37.1 Å². The minimum absolute atomic E-state index is 0.0606. The summed E-state index contributed by atoms with van der Waals surface area (Å²) in [6.07, 6.45) is 11.2. The molecule has 1 saturated carbocycles. The first kappa shape index (κ1) is 49.2.